The lowest BCUT2D eigenvalue weighted by atomic mass is 10.0. The van der Waals surface area contributed by atoms with Crippen LogP contribution in [0.25, 0.3) is 0 Å². The number of hydrogen-bond acceptors (Lipinski definition) is 5. The van der Waals surface area contributed by atoms with Gasteiger partial charge in [-0.05, 0) is 24.1 Å². The molecule has 0 bridgehead atoms. The number of nitrogens with two attached hydrogens (primary N) is 2. The zero-order chi connectivity index (χ0) is 14.0. The van der Waals surface area contributed by atoms with Gasteiger partial charge >= 0.3 is 0 Å². The van der Waals surface area contributed by atoms with Gasteiger partial charge in [0, 0.05) is 7.05 Å². The van der Waals surface area contributed by atoms with Crippen molar-refractivity contribution in [2.75, 3.05) is 18.6 Å². The number of benzene rings is 1. The molecule has 0 saturated heterocycles. The van der Waals surface area contributed by atoms with Crippen LogP contribution in [0.5, 0.6) is 5.75 Å². The van der Waals surface area contributed by atoms with Gasteiger partial charge in [0.25, 0.3) is 11.8 Å². The predicted molar refractivity (Wildman–Crippen MR) is 69.4 cm³/mol. The molecule has 1 atom stereocenters. The van der Waals surface area contributed by atoms with Crippen LogP contribution in [0.15, 0.2) is 18.2 Å². The normalized spacial score (nSPS) is 15.5. The van der Waals surface area contributed by atoms with E-state index in [0.29, 0.717) is 17.9 Å². The van der Waals surface area contributed by atoms with Crippen molar-refractivity contribution in [3.05, 3.63) is 23.8 Å². The molecule has 102 valence electrons. The van der Waals surface area contributed by atoms with Gasteiger partial charge in [-0.25, -0.2) is 5.84 Å². The molecule has 0 radical (unpaired) electrons. The van der Waals surface area contributed by atoms with Gasteiger partial charge in [0.15, 0.2) is 6.61 Å². The number of nitrogens with one attached hydrogen (secondary N) is 1. The van der Waals surface area contributed by atoms with Gasteiger partial charge in [-0.2, -0.15) is 0 Å². The molecule has 1 aromatic rings. The van der Waals surface area contributed by atoms with E-state index in [1.807, 2.05) is 11.5 Å². The van der Waals surface area contributed by atoms with Crippen LogP contribution in [0, 0.1) is 0 Å². The fraction of sp³-hybridized carbons (Fsp3) is 0.333. The van der Waals surface area contributed by atoms with Crippen LogP contribution < -0.4 is 26.6 Å². The number of hydrogen-bond donors (Lipinski definition) is 3. The molecule has 1 aromatic carbocycles. The van der Waals surface area contributed by atoms with Crippen LogP contribution in [0.2, 0.25) is 0 Å². The maximum atomic E-state index is 11.5. The molecule has 1 aliphatic heterocycles. The third kappa shape index (κ3) is 2.67. The summed E-state index contributed by atoms with van der Waals surface area (Å²) in [5, 5.41) is 0. The van der Waals surface area contributed by atoms with Crippen LogP contribution in [0.3, 0.4) is 0 Å². The summed E-state index contributed by atoms with van der Waals surface area (Å²) < 4.78 is 5.31. The molecule has 7 nitrogen and oxygen atoms in total. The number of likely N-dealkylation sites (N-methyl/N-ethyl adjacent to an activating group) is 1. The SMILES string of the molecule is CN1C(=O)COc2ccc(CC(N)C(=O)NN)cc21. The summed E-state index contributed by atoms with van der Waals surface area (Å²) in [6.45, 7) is 0.0396. The number of ether oxygens (including phenoxy) is 1. The highest BCUT2D eigenvalue weighted by molar-refractivity contribution is 5.97. The molecule has 2 amide bonds. The molecule has 0 fully saturated rings. The van der Waals surface area contributed by atoms with E-state index in [1.54, 1.807) is 19.2 Å². The van der Waals surface area contributed by atoms with Crippen LogP contribution in [-0.2, 0) is 16.0 Å². The maximum Gasteiger partial charge on any atom is 0.264 e. The summed E-state index contributed by atoms with van der Waals surface area (Å²) in [6, 6.07) is 4.64. The first-order valence-electron chi connectivity index (χ1n) is 5.81. The van der Waals surface area contributed by atoms with Crippen LogP contribution in [-0.4, -0.2) is 31.5 Å². The molecule has 1 unspecified atom stereocenters. The molecule has 19 heavy (non-hydrogen) atoms. The van der Waals surface area contributed by atoms with Gasteiger partial charge < -0.3 is 15.4 Å². The van der Waals surface area contributed by atoms with Gasteiger partial charge in [-0.3, -0.25) is 15.0 Å². The Hall–Kier alpha value is -2.12. The van der Waals surface area contributed by atoms with Gasteiger partial charge in [0.2, 0.25) is 0 Å². The molecular weight excluding hydrogens is 248 g/mol. The lowest BCUT2D eigenvalue weighted by Crippen LogP contribution is -2.45. The monoisotopic (exact) mass is 264 g/mol. The highest BCUT2D eigenvalue weighted by Crippen LogP contribution is 2.32. The van der Waals surface area contributed by atoms with Crippen molar-refractivity contribution in [1.82, 2.24) is 5.43 Å². The van der Waals surface area contributed by atoms with Crippen molar-refractivity contribution in [2.45, 2.75) is 12.5 Å². The Morgan fingerprint density at radius 3 is 3.00 bits per heavy atom. The third-order valence-corrected chi connectivity index (χ3v) is 3.04. The topological polar surface area (TPSA) is 111 Å². The molecule has 1 aliphatic rings. The summed E-state index contributed by atoms with van der Waals surface area (Å²) >= 11 is 0. The van der Waals surface area contributed by atoms with Crippen molar-refractivity contribution in [3.8, 4) is 5.75 Å². The van der Waals surface area contributed by atoms with Crippen molar-refractivity contribution < 1.29 is 14.3 Å². The quantitative estimate of drug-likeness (QED) is 0.364. The molecule has 2 rings (SSSR count). The molecule has 5 N–H and O–H groups in total. The fourth-order valence-corrected chi connectivity index (χ4v) is 1.90. The summed E-state index contributed by atoms with van der Waals surface area (Å²) in [5.74, 6) is 5.12. The van der Waals surface area contributed by atoms with Crippen molar-refractivity contribution in [1.29, 1.82) is 0 Å². The second-order valence-electron chi connectivity index (χ2n) is 4.36. The van der Waals surface area contributed by atoms with Gasteiger partial charge in [0.05, 0.1) is 11.7 Å². The van der Waals surface area contributed by atoms with E-state index in [2.05, 4.69) is 0 Å². The molecule has 7 heteroatoms. The first-order chi connectivity index (χ1) is 9.02. The summed E-state index contributed by atoms with van der Waals surface area (Å²) in [4.78, 5) is 24.3. The highest BCUT2D eigenvalue weighted by Gasteiger charge is 2.23. The fourth-order valence-electron chi connectivity index (χ4n) is 1.90. The Bertz CT molecular complexity index is 518. The van der Waals surface area contributed by atoms with E-state index in [4.69, 9.17) is 16.3 Å². The Morgan fingerprint density at radius 2 is 2.32 bits per heavy atom. The predicted octanol–water partition coefficient (Wildman–Crippen LogP) is -1.10. The first-order valence-corrected chi connectivity index (χ1v) is 5.81. The lowest BCUT2D eigenvalue weighted by Gasteiger charge is -2.26. The van der Waals surface area contributed by atoms with E-state index in [-0.39, 0.29) is 12.5 Å². The van der Waals surface area contributed by atoms with E-state index >= 15 is 0 Å². The summed E-state index contributed by atoms with van der Waals surface area (Å²) in [7, 11) is 1.68. The molecule has 1 heterocycles. The minimum atomic E-state index is -0.728. The van der Waals surface area contributed by atoms with Gasteiger partial charge in [0.1, 0.15) is 5.75 Å². The van der Waals surface area contributed by atoms with Gasteiger partial charge in [-0.15, -0.1) is 0 Å². The second kappa shape index (κ2) is 5.25. The van der Waals surface area contributed by atoms with Crippen molar-refractivity contribution in [3.63, 3.8) is 0 Å². The summed E-state index contributed by atoms with van der Waals surface area (Å²) in [5.41, 5.74) is 9.21. The van der Waals surface area contributed by atoms with Crippen LogP contribution in [0.4, 0.5) is 5.69 Å². The Morgan fingerprint density at radius 1 is 1.58 bits per heavy atom. The zero-order valence-electron chi connectivity index (χ0n) is 10.6. The zero-order valence-corrected chi connectivity index (χ0v) is 10.6. The van der Waals surface area contributed by atoms with Gasteiger partial charge in [-0.1, -0.05) is 6.07 Å². The largest absolute Gasteiger partial charge is 0.482 e. The van der Waals surface area contributed by atoms with Crippen molar-refractivity contribution >= 4 is 17.5 Å². The number of carbonyl (C=O) groups excluding carboxylic acids is 2. The Kier molecular flexibility index (Phi) is 3.68. The third-order valence-electron chi connectivity index (χ3n) is 3.04. The number of carbonyl (C=O) groups is 2. The average molecular weight is 264 g/mol. The molecule has 0 saturated carbocycles. The standard InChI is InChI=1S/C12H16N4O3/c1-16-9-5-7(4-8(13)12(18)15-14)2-3-10(9)19-6-11(16)17/h2-3,5,8H,4,6,13-14H2,1H3,(H,15,18). The number of fused-ring (bicyclic) bond motifs is 1. The molecule has 0 aromatic heterocycles. The molecule has 0 aliphatic carbocycles. The smallest absolute Gasteiger partial charge is 0.264 e. The summed E-state index contributed by atoms with van der Waals surface area (Å²) in [6.07, 6.45) is 0.332. The number of nitrogens with zero attached hydrogens (tertiary/aromatic N) is 1. The molecule has 0 spiro atoms. The highest BCUT2D eigenvalue weighted by atomic mass is 16.5. The Labute approximate surface area is 110 Å². The minimum Gasteiger partial charge on any atom is -0.482 e. The van der Waals surface area contributed by atoms with E-state index in [9.17, 15) is 9.59 Å². The number of anilines is 1. The number of rotatable bonds is 3. The van der Waals surface area contributed by atoms with Crippen LogP contribution in [0.1, 0.15) is 5.56 Å². The van der Waals surface area contributed by atoms with Crippen LogP contribution >= 0.6 is 0 Å². The molecular formula is C12H16N4O3. The van der Waals surface area contributed by atoms with E-state index < -0.39 is 11.9 Å². The average Bonchev–Trinajstić information content (AvgIpc) is 2.42. The Balaban J connectivity index is 2.21. The number of amides is 2. The van der Waals surface area contributed by atoms with E-state index in [0.717, 1.165) is 5.56 Å². The maximum absolute atomic E-state index is 11.5. The van der Waals surface area contributed by atoms with E-state index in [1.165, 1.54) is 4.90 Å². The minimum absolute atomic E-state index is 0.0396. The second-order valence-corrected chi connectivity index (χ2v) is 4.36. The first kappa shape index (κ1) is 13.3. The number of hydrazine groups is 1. The van der Waals surface area contributed by atoms with Crippen molar-refractivity contribution in [2.24, 2.45) is 11.6 Å². The lowest BCUT2D eigenvalue weighted by molar-refractivity contribution is -0.122.